The SMILES string of the molecule is C.COCCOc1n[nH]c(Cc2nnc(Nc3n[nH]c(C)n3)nn2)n1.N#[N+]c1n[nH]c(Cc2nnc(Nc3nc([N+]#N)n[nH]3)nn2)n1.Nc1n[nH]c(Cc2nnc(Nc3n[nH]c(N)n3)nn2)n1.OCCO. The maximum Gasteiger partial charge on any atom is 0.585 e. The van der Waals surface area contributed by atoms with Gasteiger partial charge in [0.2, 0.25) is 23.7 Å². The molecule has 43 heteroatoms. The molecule has 9 aromatic heterocycles. The molecule has 0 unspecified atom stereocenters. The normalized spacial score (nSPS) is 10.1. The molecule has 15 N–H and O–H groups in total. The zero-order valence-electron chi connectivity index (χ0n) is 35.8. The lowest BCUT2D eigenvalue weighted by Gasteiger charge is -1.99. The number of nitrogens with one attached hydrogen (secondary N) is 9. The zero-order valence-corrected chi connectivity index (χ0v) is 35.8. The number of aliphatic hydroxyl groups is 2. The Morgan fingerprint density at radius 2 is 1.01 bits per heavy atom. The highest BCUT2D eigenvalue weighted by Crippen LogP contribution is 2.11. The number of aromatic nitrogens is 30. The van der Waals surface area contributed by atoms with Crippen molar-refractivity contribution in [3.8, 4) is 6.01 Å². The summed E-state index contributed by atoms with van der Waals surface area (Å²) in [6.07, 6.45) is 0.761. The Labute approximate surface area is 393 Å². The van der Waals surface area contributed by atoms with Crippen LogP contribution in [0.3, 0.4) is 0 Å². The van der Waals surface area contributed by atoms with Gasteiger partial charge in [-0.3, -0.25) is 31.2 Å². The topological polar surface area (TPSA) is 607 Å². The molecule has 9 heterocycles. The van der Waals surface area contributed by atoms with E-state index < -0.39 is 0 Å². The first-order chi connectivity index (χ1) is 34.1. The van der Waals surface area contributed by atoms with E-state index in [-0.39, 0.29) is 98.9 Å². The number of methoxy groups -OCH3 is 1. The van der Waals surface area contributed by atoms with Crippen LogP contribution >= 0.6 is 0 Å². The third kappa shape index (κ3) is 16.8. The lowest BCUT2D eigenvalue weighted by Crippen LogP contribution is -2.07. The number of rotatable bonds is 17. The average Bonchev–Trinajstić information content (AvgIpc) is 4.26. The smallest absolute Gasteiger partial charge is 0.460 e. The van der Waals surface area contributed by atoms with Gasteiger partial charge in [-0.05, 0) is 26.8 Å². The first-order valence-corrected chi connectivity index (χ1v) is 19.1. The lowest BCUT2D eigenvalue weighted by molar-refractivity contribution is 0.141. The van der Waals surface area contributed by atoms with Gasteiger partial charge in [0, 0.05) is 17.3 Å². The van der Waals surface area contributed by atoms with Gasteiger partial charge in [-0.15, -0.1) is 81.6 Å². The minimum atomic E-state index is -0.143. The summed E-state index contributed by atoms with van der Waals surface area (Å²) >= 11 is 0. The molecule has 0 saturated carbocycles. The quantitative estimate of drug-likeness (QED) is 0.0312. The Morgan fingerprint density at radius 1 is 0.521 bits per heavy atom. The third-order valence-corrected chi connectivity index (χ3v) is 7.17. The van der Waals surface area contributed by atoms with E-state index in [1.165, 1.54) is 0 Å². The second-order valence-corrected chi connectivity index (χ2v) is 12.4. The molecule has 71 heavy (non-hydrogen) atoms. The van der Waals surface area contributed by atoms with Gasteiger partial charge in [-0.1, -0.05) is 7.43 Å². The molecule has 0 fully saturated rings. The fourth-order valence-electron chi connectivity index (χ4n) is 4.39. The molecule has 9 aromatic rings. The van der Waals surface area contributed by atoms with Crippen LogP contribution in [0.4, 0.5) is 59.5 Å². The minimum absolute atomic E-state index is 0. The number of ether oxygens (including phenoxy) is 2. The van der Waals surface area contributed by atoms with Crippen LogP contribution in [0.2, 0.25) is 0 Å². The molecule has 0 bridgehead atoms. The van der Waals surface area contributed by atoms with E-state index in [0.29, 0.717) is 60.5 Å². The van der Waals surface area contributed by atoms with Crippen LogP contribution in [-0.4, -0.2) is 196 Å². The summed E-state index contributed by atoms with van der Waals surface area (Å²) in [7, 11) is 1.59. The first kappa shape index (κ1) is 51.2. The van der Waals surface area contributed by atoms with Crippen molar-refractivity contribution in [2.24, 2.45) is 0 Å². The van der Waals surface area contributed by atoms with Crippen molar-refractivity contribution < 1.29 is 19.7 Å². The maximum atomic E-state index is 8.49. The molecule has 0 aliphatic rings. The van der Waals surface area contributed by atoms with Crippen LogP contribution in [0.1, 0.15) is 48.2 Å². The highest BCUT2D eigenvalue weighted by Gasteiger charge is 2.19. The number of nitrogen functional groups attached to an aromatic ring is 2. The number of hydrogen-bond acceptors (Lipinski definition) is 35. The standard InChI is InChI=1S/C11H15N11O2.C7H4N15.C7H9N13.C2H6O2.CH4/c1-6-12-9(19-15-6)14-10-20-17-8(18-21-10)5-7-13-11(22-16-7)24-4-3-23-2;8-13-5-10-2(15-19-5)1-3-16-21-7(22-17-3)12-4-11-6(14-9)20-18-4;8-4-10-2(13-16-4)1-3-14-19-7(20-15-3)12-6-11-5(9)17-18-6;3-1-2-4;/h3-5H2,1-2H3,(H,13,16,22)(H2,12,14,15,19,20,21);8H,1H2,(H,10,15,19);1H2,(H3,8,10,13,16)(H4,9,11,12,17,18,19,20);3-4H,1-2H2;1H4/q;+1;;;/p+1. The largest absolute Gasteiger partial charge is 0.585 e. The summed E-state index contributed by atoms with van der Waals surface area (Å²) in [5, 5.41) is 125. The van der Waals surface area contributed by atoms with Crippen molar-refractivity contribution in [3.05, 3.63) is 50.7 Å². The fraction of sp³-hybridized carbons (Fsp3) is 0.357. The minimum Gasteiger partial charge on any atom is -0.460 e. The Balaban J connectivity index is 0.000000190. The van der Waals surface area contributed by atoms with Crippen molar-refractivity contribution in [1.82, 2.24) is 152 Å². The number of aromatic amines is 6. The summed E-state index contributed by atoms with van der Waals surface area (Å²) in [6, 6.07) is 0.237. The number of hydrogen-bond donors (Lipinski definition) is 13. The fourth-order valence-corrected chi connectivity index (χ4v) is 4.39. The first-order valence-electron chi connectivity index (χ1n) is 19.1. The van der Waals surface area contributed by atoms with Crippen molar-refractivity contribution in [2.75, 3.05) is 61.0 Å². The number of H-pyrrole nitrogens is 6. The number of aryl methyl sites for hydroxylation is 1. The van der Waals surface area contributed by atoms with Crippen LogP contribution in [0.15, 0.2) is 0 Å². The molecule has 9 rings (SSSR count). The second kappa shape index (κ2) is 26.4. The lowest BCUT2D eigenvalue weighted by atomic mass is 10.4. The second-order valence-electron chi connectivity index (χ2n) is 12.4. The van der Waals surface area contributed by atoms with Gasteiger partial charge in [0.1, 0.15) is 24.1 Å². The summed E-state index contributed by atoms with van der Waals surface area (Å²) < 4.78 is 10.2. The predicted molar refractivity (Wildman–Crippen MR) is 231 cm³/mol. The number of nitrogens with two attached hydrogens (primary N) is 2. The Morgan fingerprint density at radius 3 is 1.48 bits per heavy atom. The van der Waals surface area contributed by atoms with E-state index in [1.807, 2.05) is 0 Å². The molecular weight excluding hydrogens is 947 g/mol. The Kier molecular flexibility index (Phi) is 19.0. The van der Waals surface area contributed by atoms with Crippen molar-refractivity contribution in [1.29, 1.82) is 10.8 Å². The highest BCUT2D eigenvalue weighted by molar-refractivity contribution is 5.44. The van der Waals surface area contributed by atoms with E-state index in [9.17, 15) is 0 Å². The number of nitrogens with zero attached hydrogens (tertiary/aromatic N) is 28. The molecule has 0 aliphatic heterocycles. The number of diazo groups is 2. The molecule has 0 spiro atoms. The van der Waals surface area contributed by atoms with Crippen LogP contribution in [0.5, 0.6) is 6.01 Å². The molecular formula is C28H39N39O4+2. The van der Waals surface area contributed by atoms with Gasteiger partial charge in [-0.25, -0.2) is 5.10 Å². The van der Waals surface area contributed by atoms with E-state index in [0.717, 1.165) is 0 Å². The van der Waals surface area contributed by atoms with Gasteiger partial charge in [0.05, 0.1) is 49.9 Å². The van der Waals surface area contributed by atoms with Crippen LogP contribution in [0, 0.1) is 17.7 Å². The molecule has 43 nitrogen and oxygen atoms in total. The van der Waals surface area contributed by atoms with Crippen LogP contribution in [0.25, 0.3) is 9.95 Å². The highest BCUT2D eigenvalue weighted by atomic mass is 16.5. The van der Waals surface area contributed by atoms with Crippen molar-refractivity contribution >= 4 is 59.5 Å². The molecule has 368 valence electrons. The molecule has 0 radical (unpaired) electrons. The Bertz CT molecular complexity index is 2880. The summed E-state index contributed by atoms with van der Waals surface area (Å²) in [5.41, 5.74) is 10.8. The van der Waals surface area contributed by atoms with Gasteiger partial charge < -0.3 is 31.2 Å². The monoisotopic (exact) mass is 985 g/mol. The van der Waals surface area contributed by atoms with E-state index in [2.05, 4.69) is 178 Å². The average molecular weight is 986 g/mol. The molecule has 0 saturated heterocycles. The van der Waals surface area contributed by atoms with E-state index in [1.54, 1.807) is 14.0 Å². The molecule has 0 atom stereocenters. The summed E-state index contributed by atoms with van der Waals surface area (Å²) in [4.78, 5) is 29.2. The van der Waals surface area contributed by atoms with Crippen LogP contribution < -0.4 is 32.2 Å². The predicted octanol–water partition coefficient (Wildman–Crippen LogP) is -3.41. The summed E-state index contributed by atoms with van der Waals surface area (Å²) in [5.74, 6) is 4.36. The number of anilines is 8. The van der Waals surface area contributed by atoms with Crippen LogP contribution in [-0.2, 0) is 24.0 Å². The van der Waals surface area contributed by atoms with E-state index in [4.69, 9.17) is 41.9 Å². The van der Waals surface area contributed by atoms with Gasteiger partial charge in [0.25, 0.3) is 23.8 Å². The molecule has 0 aliphatic carbocycles. The van der Waals surface area contributed by atoms with Gasteiger partial charge >= 0.3 is 23.9 Å². The van der Waals surface area contributed by atoms with Gasteiger partial charge in [0.15, 0.2) is 17.5 Å². The van der Waals surface area contributed by atoms with Gasteiger partial charge in [-0.2, -0.15) is 30.1 Å². The van der Waals surface area contributed by atoms with Crippen molar-refractivity contribution in [3.63, 3.8) is 0 Å². The maximum absolute atomic E-state index is 8.49. The summed E-state index contributed by atoms with van der Waals surface area (Å²) in [6.45, 7) is 2.36. The third-order valence-electron chi connectivity index (χ3n) is 7.17. The zero-order chi connectivity index (χ0) is 49.5. The Hall–Kier alpha value is -10.8. The number of aliphatic hydroxyl groups excluding tert-OH is 2. The van der Waals surface area contributed by atoms with Crippen molar-refractivity contribution in [2.45, 2.75) is 33.6 Å². The molecule has 0 aromatic carbocycles. The van der Waals surface area contributed by atoms with E-state index >= 15 is 0 Å². The molecule has 0 amide bonds.